The van der Waals surface area contributed by atoms with Crippen LogP contribution in [0.25, 0.3) is 0 Å². The monoisotopic (exact) mass is 224 g/mol. The van der Waals surface area contributed by atoms with E-state index in [0.717, 1.165) is 16.9 Å². The van der Waals surface area contributed by atoms with Gasteiger partial charge in [-0.3, -0.25) is 4.79 Å². The fraction of sp³-hybridized carbons (Fsp3) is 0.583. The van der Waals surface area contributed by atoms with Crippen molar-refractivity contribution in [1.82, 2.24) is 0 Å². The van der Waals surface area contributed by atoms with Gasteiger partial charge in [-0.25, -0.2) is 0 Å². The average molecular weight is 224 g/mol. The van der Waals surface area contributed by atoms with E-state index in [-0.39, 0.29) is 5.41 Å². The van der Waals surface area contributed by atoms with Crippen molar-refractivity contribution in [1.29, 1.82) is 0 Å². The van der Waals surface area contributed by atoms with Crippen LogP contribution in [0.2, 0.25) is 0 Å². The zero-order valence-corrected chi connectivity index (χ0v) is 10.4. The fourth-order valence-corrected chi connectivity index (χ4v) is 3.62. The van der Waals surface area contributed by atoms with Gasteiger partial charge in [-0.05, 0) is 37.3 Å². The van der Waals surface area contributed by atoms with Crippen LogP contribution in [0.5, 0.6) is 0 Å². The Kier molecular flexibility index (Phi) is 2.03. The molecule has 15 heavy (non-hydrogen) atoms. The Morgan fingerprint density at radius 2 is 2.00 bits per heavy atom. The molecule has 0 spiro atoms. The van der Waals surface area contributed by atoms with Gasteiger partial charge in [-0.1, -0.05) is 13.8 Å². The molecular weight excluding hydrogens is 208 g/mol. The minimum absolute atomic E-state index is 0.100. The number of hydrogen-bond donors (Lipinski definition) is 1. The summed E-state index contributed by atoms with van der Waals surface area (Å²) >= 11 is 1.69. The molecular formula is C12H16O2S. The van der Waals surface area contributed by atoms with Crippen LogP contribution in [0.1, 0.15) is 35.6 Å². The van der Waals surface area contributed by atoms with Crippen LogP contribution in [-0.4, -0.2) is 11.1 Å². The topological polar surface area (TPSA) is 37.3 Å². The van der Waals surface area contributed by atoms with Crippen molar-refractivity contribution in [2.24, 2.45) is 5.41 Å². The van der Waals surface area contributed by atoms with E-state index in [1.165, 1.54) is 4.88 Å². The maximum Gasteiger partial charge on any atom is 0.314 e. The molecule has 1 aliphatic carbocycles. The minimum atomic E-state index is -0.673. The zero-order chi connectivity index (χ0) is 11.4. The number of hydrogen-bond acceptors (Lipinski definition) is 2. The van der Waals surface area contributed by atoms with E-state index in [4.69, 9.17) is 0 Å². The second-order valence-corrected chi connectivity index (χ2v) is 6.56. The second kappa shape index (κ2) is 2.85. The standard InChI is InChI=1S/C12H16O2S/c1-7-5-9(8(2)15-7)12(10(13)14)6-11(12,3)4/h5H,6H2,1-4H3,(H,13,14). The second-order valence-electron chi connectivity index (χ2n) is 5.10. The van der Waals surface area contributed by atoms with E-state index >= 15 is 0 Å². The quantitative estimate of drug-likeness (QED) is 0.838. The van der Waals surface area contributed by atoms with E-state index in [1.54, 1.807) is 11.3 Å². The number of rotatable bonds is 2. The van der Waals surface area contributed by atoms with E-state index in [2.05, 4.69) is 0 Å². The number of carbonyl (C=O) groups is 1. The molecule has 1 aromatic heterocycles. The van der Waals surface area contributed by atoms with Crippen molar-refractivity contribution in [3.63, 3.8) is 0 Å². The molecule has 1 aliphatic rings. The van der Waals surface area contributed by atoms with Gasteiger partial charge in [0, 0.05) is 9.75 Å². The highest BCUT2D eigenvalue weighted by Gasteiger charge is 2.68. The first-order chi connectivity index (χ1) is 6.81. The van der Waals surface area contributed by atoms with Gasteiger partial charge < -0.3 is 5.11 Å². The van der Waals surface area contributed by atoms with Crippen LogP contribution in [0.3, 0.4) is 0 Å². The van der Waals surface area contributed by atoms with Crippen LogP contribution in [0, 0.1) is 19.3 Å². The Hall–Kier alpha value is -0.830. The first kappa shape index (κ1) is 10.7. The number of aliphatic carboxylic acids is 1. The highest BCUT2D eigenvalue weighted by atomic mass is 32.1. The molecule has 1 heterocycles. The predicted octanol–water partition coefficient (Wildman–Crippen LogP) is 3.12. The van der Waals surface area contributed by atoms with Gasteiger partial charge in [-0.2, -0.15) is 0 Å². The molecule has 2 rings (SSSR count). The molecule has 0 aromatic carbocycles. The summed E-state index contributed by atoms with van der Waals surface area (Å²) in [6, 6.07) is 2.04. The lowest BCUT2D eigenvalue weighted by Crippen LogP contribution is -2.25. The smallest absolute Gasteiger partial charge is 0.314 e. The molecule has 0 radical (unpaired) electrons. The maximum absolute atomic E-state index is 11.5. The van der Waals surface area contributed by atoms with E-state index in [1.807, 2.05) is 33.8 Å². The molecule has 1 fully saturated rings. The molecule has 0 bridgehead atoms. The van der Waals surface area contributed by atoms with Crippen LogP contribution in [-0.2, 0) is 10.2 Å². The predicted molar refractivity (Wildman–Crippen MR) is 61.5 cm³/mol. The van der Waals surface area contributed by atoms with Gasteiger partial charge in [0.15, 0.2) is 0 Å². The highest BCUT2D eigenvalue weighted by molar-refractivity contribution is 7.12. The summed E-state index contributed by atoms with van der Waals surface area (Å²) in [5, 5.41) is 9.43. The van der Waals surface area contributed by atoms with Gasteiger partial charge in [0.1, 0.15) is 0 Å². The molecule has 1 atom stereocenters. The average Bonchev–Trinajstić information content (AvgIpc) is 2.50. The lowest BCUT2D eigenvalue weighted by atomic mass is 9.88. The first-order valence-corrected chi connectivity index (χ1v) is 5.94. The highest BCUT2D eigenvalue weighted by Crippen LogP contribution is 2.65. The van der Waals surface area contributed by atoms with Crippen LogP contribution < -0.4 is 0 Å². The Morgan fingerprint density at radius 1 is 1.47 bits per heavy atom. The van der Waals surface area contributed by atoms with Gasteiger partial charge >= 0.3 is 5.97 Å². The SMILES string of the molecule is Cc1cc(C2(C(=O)O)CC2(C)C)c(C)s1. The molecule has 0 saturated heterocycles. The number of carboxylic acids is 1. The summed E-state index contributed by atoms with van der Waals surface area (Å²) in [7, 11) is 0. The summed E-state index contributed by atoms with van der Waals surface area (Å²) in [5.41, 5.74) is 0.307. The molecule has 1 saturated carbocycles. The summed E-state index contributed by atoms with van der Waals surface area (Å²) in [5.74, 6) is -0.673. The number of aryl methyl sites for hydroxylation is 2. The molecule has 2 nitrogen and oxygen atoms in total. The minimum Gasteiger partial charge on any atom is -0.481 e. The van der Waals surface area contributed by atoms with E-state index in [0.29, 0.717) is 0 Å². The van der Waals surface area contributed by atoms with Crippen molar-refractivity contribution in [2.45, 2.75) is 39.5 Å². The summed E-state index contributed by atoms with van der Waals surface area (Å²) in [6.07, 6.45) is 0.756. The van der Waals surface area contributed by atoms with Gasteiger partial charge in [0.2, 0.25) is 0 Å². The van der Waals surface area contributed by atoms with Crippen LogP contribution in [0.15, 0.2) is 6.07 Å². The molecule has 1 unspecified atom stereocenters. The van der Waals surface area contributed by atoms with E-state index in [9.17, 15) is 9.90 Å². The van der Waals surface area contributed by atoms with E-state index < -0.39 is 11.4 Å². The van der Waals surface area contributed by atoms with Gasteiger partial charge in [-0.15, -0.1) is 11.3 Å². The molecule has 0 aliphatic heterocycles. The molecule has 1 aromatic rings. The Morgan fingerprint density at radius 3 is 2.27 bits per heavy atom. The molecule has 3 heteroatoms. The Bertz CT molecular complexity index is 431. The summed E-state index contributed by atoms with van der Waals surface area (Å²) in [4.78, 5) is 13.8. The van der Waals surface area contributed by atoms with Gasteiger partial charge in [0.25, 0.3) is 0 Å². The summed E-state index contributed by atoms with van der Waals surface area (Å²) < 4.78 is 0. The van der Waals surface area contributed by atoms with Crippen molar-refractivity contribution in [3.05, 3.63) is 21.4 Å². The van der Waals surface area contributed by atoms with Crippen LogP contribution in [0.4, 0.5) is 0 Å². The lowest BCUT2D eigenvalue weighted by Gasteiger charge is -2.15. The lowest BCUT2D eigenvalue weighted by molar-refractivity contribution is -0.141. The number of carboxylic acid groups (broad SMARTS) is 1. The normalized spacial score (nSPS) is 27.7. The summed E-state index contributed by atoms with van der Waals surface area (Å²) in [6.45, 7) is 8.12. The Labute approximate surface area is 93.9 Å². The molecule has 1 N–H and O–H groups in total. The zero-order valence-electron chi connectivity index (χ0n) is 9.55. The third kappa shape index (κ3) is 1.26. The molecule has 82 valence electrons. The van der Waals surface area contributed by atoms with Gasteiger partial charge in [0.05, 0.1) is 5.41 Å². The van der Waals surface area contributed by atoms with Crippen molar-refractivity contribution in [3.8, 4) is 0 Å². The first-order valence-electron chi connectivity index (χ1n) is 5.12. The number of thiophene rings is 1. The van der Waals surface area contributed by atoms with Crippen molar-refractivity contribution in [2.75, 3.05) is 0 Å². The fourth-order valence-electron chi connectivity index (χ4n) is 2.61. The van der Waals surface area contributed by atoms with Crippen molar-refractivity contribution >= 4 is 17.3 Å². The Balaban J connectivity index is 2.54. The van der Waals surface area contributed by atoms with Crippen LogP contribution >= 0.6 is 11.3 Å². The largest absolute Gasteiger partial charge is 0.481 e. The van der Waals surface area contributed by atoms with Crippen molar-refractivity contribution < 1.29 is 9.90 Å². The maximum atomic E-state index is 11.5. The third-order valence-corrected chi connectivity index (χ3v) is 4.57. The third-order valence-electron chi connectivity index (χ3n) is 3.60. The molecule has 0 amide bonds.